The molecule has 0 aromatic carbocycles. The molecule has 156 valence electrons. The normalized spacial score (nSPS) is 22.8. The van der Waals surface area contributed by atoms with Crippen molar-refractivity contribution in [1.29, 1.82) is 0 Å². The molecule has 1 atom stereocenters. The third-order valence-corrected chi connectivity index (χ3v) is 7.86. The largest absolute Gasteiger partial charge is 0.350 e. The van der Waals surface area contributed by atoms with E-state index in [9.17, 15) is 13.2 Å². The molecule has 0 aliphatic carbocycles. The molecule has 0 spiro atoms. The number of pyridine rings is 1. The summed E-state index contributed by atoms with van der Waals surface area (Å²) in [6.07, 6.45) is 6.02. The monoisotopic (exact) mass is 408 g/mol. The number of amides is 1. The van der Waals surface area contributed by atoms with E-state index in [-0.39, 0.29) is 17.6 Å². The van der Waals surface area contributed by atoms with E-state index in [0.29, 0.717) is 32.1 Å². The second-order valence-corrected chi connectivity index (χ2v) is 9.91. The van der Waals surface area contributed by atoms with Crippen LogP contribution >= 0.6 is 0 Å². The minimum atomic E-state index is -3.10. The lowest BCUT2D eigenvalue weighted by molar-refractivity contribution is -0.127. The number of nitrogens with zero attached hydrogens (tertiary/aromatic N) is 3. The number of hydrogen-bond donors (Lipinski definition) is 1. The molecule has 0 bridgehead atoms. The SMILES string of the molecule is CCCS(=O)(=O)N1CCC(N2CCCC(C(=O)NCc3ccccn3)C2)CC1. The van der Waals surface area contributed by atoms with Gasteiger partial charge in [-0.1, -0.05) is 13.0 Å². The topological polar surface area (TPSA) is 82.6 Å². The van der Waals surface area contributed by atoms with Crippen molar-refractivity contribution in [2.75, 3.05) is 31.9 Å². The van der Waals surface area contributed by atoms with Crippen molar-refractivity contribution < 1.29 is 13.2 Å². The molecule has 3 rings (SSSR count). The molecule has 1 amide bonds. The van der Waals surface area contributed by atoms with E-state index >= 15 is 0 Å². The standard InChI is InChI=1S/C20H32N4O3S/c1-2-14-28(26,27)24-12-8-19(9-13-24)23-11-5-6-17(16-23)20(25)22-15-18-7-3-4-10-21-18/h3-4,7,10,17,19H,2,5-6,8-9,11-16H2,1H3,(H,22,25). The van der Waals surface area contributed by atoms with Crippen LogP contribution in [0.4, 0.5) is 0 Å². The van der Waals surface area contributed by atoms with Crippen molar-refractivity contribution in [2.45, 2.75) is 51.6 Å². The summed E-state index contributed by atoms with van der Waals surface area (Å²) < 4.78 is 26.2. The highest BCUT2D eigenvalue weighted by molar-refractivity contribution is 7.89. The van der Waals surface area contributed by atoms with E-state index in [2.05, 4.69) is 15.2 Å². The van der Waals surface area contributed by atoms with Gasteiger partial charge in [-0.2, -0.15) is 0 Å². The Balaban J connectivity index is 1.48. The fraction of sp³-hybridized carbons (Fsp3) is 0.700. The Bertz CT molecular complexity index is 733. The van der Waals surface area contributed by atoms with Crippen molar-refractivity contribution in [3.8, 4) is 0 Å². The van der Waals surface area contributed by atoms with Crippen LogP contribution in [0.25, 0.3) is 0 Å². The van der Waals surface area contributed by atoms with E-state index in [1.807, 2.05) is 25.1 Å². The van der Waals surface area contributed by atoms with Gasteiger partial charge in [-0.15, -0.1) is 0 Å². The van der Waals surface area contributed by atoms with Crippen LogP contribution in [0, 0.1) is 5.92 Å². The van der Waals surface area contributed by atoms with Gasteiger partial charge in [0.25, 0.3) is 0 Å². The first-order valence-corrected chi connectivity index (χ1v) is 12.0. The molecule has 1 aromatic heterocycles. The van der Waals surface area contributed by atoms with Crippen molar-refractivity contribution >= 4 is 15.9 Å². The first kappa shape index (κ1) is 21.2. The number of hydrogen-bond acceptors (Lipinski definition) is 5. The molecule has 2 aliphatic rings. The molecule has 3 heterocycles. The van der Waals surface area contributed by atoms with Crippen LogP contribution in [0.2, 0.25) is 0 Å². The predicted molar refractivity (Wildman–Crippen MR) is 109 cm³/mol. The lowest BCUT2D eigenvalue weighted by Gasteiger charge is -2.41. The first-order valence-electron chi connectivity index (χ1n) is 10.4. The number of carbonyl (C=O) groups excluding carboxylic acids is 1. The summed E-state index contributed by atoms with van der Waals surface area (Å²) in [6, 6.07) is 6.07. The molecule has 1 aromatic rings. The molecular weight excluding hydrogens is 376 g/mol. The lowest BCUT2D eigenvalue weighted by Crippen LogP contribution is -2.51. The summed E-state index contributed by atoms with van der Waals surface area (Å²) >= 11 is 0. The minimum absolute atomic E-state index is 0.000633. The van der Waals surface area contributed by atoms with Crippen LogP contribution in [0.15, 0.2) is 24.4 Å². The van der Waals surface area contributed by atoms with E-state index in [4.69, 9.17) is 0 Å². The first-order chi connectivity index (χ1) is 13.5. The van der Waals surface area contributed by atoms with Gasteiger partial charge in [0.1, 0.15) is 0 Å². The molecule has 2 saturated heterocycles. The molecule has 2 aliphatic heterocycles. The number of sulfonamides is 1. The van der Waals surface area contributed by atoms with E-state index in [0.717, 1.165) is 44.5 Å². The van der Waals surface area contributed by atoms with Crippen molar-refractivity contribution in [1.82, 2.24) is 19.5 Å². The molecule has 0 saturated carbocycles. The fourth-order valence-electron chi connectivity index (χ4n) is 4.25. The highest BCUT2D eigenvalue weighted by Gasteiger charge is 2.33. The van der Waals surface area contributed by atoms with Gasteiger partial charge in [-0.25, -0.2) is 12.7 Å². The Labute approximate surface area is 168 Å². The van der Waals surface area contributed by atoms with Gasteiger partial charge in [0.2, 0.25) is 15.9 Å². The number of nitrogens with one attached hydrogen (secondary N) is 1. The average Bonchev–Trinajstić information content (AvgIpc) is 2.73. The Morgan fingerprint density at radius 1 is 1.21 bits per heavy atom. The highest BCUT2D eigenvalue weighted by atomic mass is 32.2. The van der Waals surface area contributed by atoms with E-state index in [1.54, 1.807) is 10.5 Å². The van der Waals surface area contributed by atoms with Gasteiger partial charge < -0.3 is 5.32 Å². The van der Waals surface area contributed by atoms with E-state index in [1.165, 1.54) is 0 Å². The fourth-order valence-corrected chi connectivity index (χ4v) is 5.79. The molecule has 8 heteroatoms. The molecule has 28 heavy (non-hydrogen) atoms. The summed E-state index contributed by atoms with van der Waals surface area (Å²) in [5, 5.41) is 3.02. The van der Waals surface area contributed by atoms with Crippen LogP contribution in [0.3, 0.4) is 0 Å². The molecule has 2 fully saturated rings. The molecule has 1 N–H and O–H groups in total. The molecule has 1 unspecified atom stereocenters. The van der Waals surface area contributed by atoms with Gasteiger partial charge in [0.05, 0.1) is 23.9 Å². The summed E-state index contributed by atoms with van der Waals surface area (Å²) in [4.78, 5) is 19.2. The molecule has 0 radical (unpaired) electrons. The predicted octanol–water partition coefficient (Wildman–Crippen LogP) is 1.61. The number of carbonyl (C=O) groups is 1. The maximum Gasteiger partial charge on any atom is 0.224 e. The average molecular weight is 409 g/mol. The van der Waals surface area contributed by atoms with Gasteiger partial charge >= 0.3 is 0 Å². The zero-order chi connectivity index (χ0) is 20.0. The van der Waals surface area contributed by atoms with Crippen LogP contribution < -0.4 is 5.32 Å². The molecular formula is C20H32N4O3S. The Hall–Kier alpha value is -1.51. The lowest BCUT2D eigenvalue weighted by atomic mass is 9.93. The summed E-state index contributed by atoms with van der Waals surface area (Å²) in [6.45, 7) is 5.32. The Morgan fingerprint density at radius 2 is 2.00 bits per heavy atom. The zero-order valence-corrected chi connectivity index (χ0v) is 17.5. The number of likely N-dealkylation sites (tertiary alicyclic amines) is 1. The summed E-state index contributed by atoms with van der Waals surface area (Å²) in [7, 11) is -3.10. The van der Waals surface area contributed by atoms with Crippen LogP contribution in [0.5, 0.6) is 0 Å². The summed E-state index contributed by atoms with van der Waals surface area (Å²) in [5.74, 6) is 0.331. The van der Waals surface area contributed by atoms with Gasteiger partial charge in [-0.3, -0.25) is 14.7 Å². The van der Waals surface area contributed by atoms with Gasteiger partial charge in [0.15, 0.2) is 0 Å². The third-order valence-electron chi connectivity index (χ3n) is 5.79. The van der Waals surface area contributed by atoms with Gasteiger partial charge in [0, 0.05) is 31.9 Å². The van der Waals surface area contributed by atoms with Crippen LogP contribution in [-0.4, -0.2) is 66.5 Å². The zero-order valence-electron chi connectivity index (χ0n) is 16.7. The van der Waals surface area contributed by atoms with Gasteiger partial charge in [-0.05, 0) is 50.8 Å². The van der Waals surface area contributed by atoms with Crippen molar-refractivity contribution in [2.24, 2.45) is 5.92 Å². The quantitative estimate of drug-likeness (QED) is 0.741. The molecule has 7 nitrogen and oxygen atoms in total. The van der Waals surface area contributed by atoms with Crippen molar-refractivity contribution in [3.63, 3.8) is 0 Å². The Morgan fingerprint density at radius 3 is 2.68 bits per heavy atom. The maximum absolute atomic E-state index is 12.6. The highest BCUT2D eigenvalue weighted by Crippen LogP contribution is 2.25. The van der Waals surface area contributed by atoms with Crippen LogP contribution in [-0.2, 0) is 21.4 Å². The second-order valence-electron chi connectivity index (χ2n) is 7.82. The maximum atomic E-state index is 12.6. The van der Waals surface area contributed by atoms with E-state index < -0.39 is 10.0 Å². The smallest absolute Gasteiger partial charge is 0.224 e. The second kappa shape index (κ2) is 9.80. The minimum Gasteiger partial charge on any atom is -0.350 e. The number of aromatic nitrogens is 1. The van der Waals surface area contributed by atoms with Crippen LogP contribution in [0.1, 0.15) is 44.7 Å². The summed E-state index contributed by atoms with van der Waals surface area (Å²) in [5.41, 5.74) is 0.865. The third kappa shape index (κ3) is 5.52. The number of rotatable bonds is 7. The number of piperidine rings is 2. The Kier molecular flexibility index (Phi) is 7.42. The van der Waals surface area contributed by atoms with Crippen molar-refractivity contribution in [3.05, 3.63) is 30.1 Å².